The largest absolute Gasteiger partial charge is 0.474 e. The molecule has 2 aromatic rings. The average Bonchev–Trinajstić information content (AvgIpc) is 2.78. The number of hydrogen-bond acceptors (Lipinski definition) is 5. The molecule has 0 spiro atoms. The number of aromatic nitrogens is 2. The predicted octanol–water partition coefficient (Wildman–Crippen LogP) is 4.26. The van der Waals surface area contributed by atoms with Gasteiger partial charge in [-0.1, -0.05) is 23.2 Å². The van der Waals surface area contributed by atoms with Crippen molar-refractivity contribution in [2.75, 3.05) is 5.75 Å². The van der Waals surface area contributed by atoms with Crippen molar-refractivity contribution in [1.29, 1.82) is 0 Å². The fourth-order valence-electron chi connectivity index (χ4n) is 1.26. The van der Waals surface area contributed by atoms with Crippen LogP contribution in [0.25, 0.3) is 0 Å². The molecule has 1 N–H and O–H groups in total. The van der Waals surface area contributed by atoms with Crippen molar-refractivity contribution in [2.45, 2.75) is 11.3 Å². The maximum Gasteiger partial charge on any atom is 0.284 e. The summed E-state index contributed by atoms with van der Waals surface area (Å²) in [6.07, 6.45) is 0. The lowest BCUT2D eigenvalue weighted by Crippen LogP contribution is -2.11. The van der Waals surface area contributed by atoms with Gasteiger partial charge in [-0.2, -0.15) is 0 Å². The molecule has 8 heteroatoms. The number of halogens is 2. The highest BCUT2D eigenvalue weighted by Crippen LogP contribution is 2.20. The van der Waals surface area contributed by atoms with E-state index in [1.165, 1.54) is 0 Å². The van der Waals surface area contributed by atoms with Crippen molar-refractivity contribution in [2.24, 2.45) is 0 Å². The van der Waals surface area contributed by atoms with Crippen molar-refractivity contribution in [3.63, 3.8) is 0 Å². The SMILES string of the molecule is S=c1[nH]nc(CSCC(Cl)Oc2ccc(Cl)cc2)o1. The summed E-state index contributed by atoms with van der Waals surface area (Å²) in [5.41, 5.74) is -0.437. The third-order valence-electron chi connectivity index (χ3n) is 2.03. The van der Waals surface area contributed by atoms with E-state index in [1.54, 1.807) is 36.0 Å². The van der Waals surface area contributed by atoms with Gasteiger partial charge in [0, 0.05) is 10.8 Å². The lowest BCUT2D eigenvalue weighted by Gasteiger charge is -2.11. The zero-order valence-corrected chi connectivity index (χ0v) is 12.8. The molecule has 2 rings (SSSR count). The summed E-state index contributed by atoms with van der Waals surface area (Å²) in [5.74, 6) is 2.41. The second-order valence-corrected chi connectivity index (χ2v) is 5.83. The van der Waals surface area contributed by atoms with Crippen LogP contribution in [0.3, 0.4) is 0 Å². The number of aromatic amines is 1. The van der Waals surface area contributed by atoms with Crippen LogP contribution in [0.15, 0.2) is 28.7 Å². The lowest BCUT2D eigenvalue weighted by molar-refractivity contribution is 0.305. The first-order valence-electron chi connectivity index (χ1n) is 5.32. The Hall–Kier alpha value is -0.690. The number of H-pyrrole nitrogens is 1. The summed E-state index contributed by atoms with van der Waals surface area (Å²) in [6.45, 7) is 0. The molecule has 0 aliphatic heterocycles. The highest BCUT2D eigenvalue weighted by Gasteiger charge is 2.08. The van der Waals surface area contributed by atoms with Crippen LogP contribution in [0, 0.1) is 4.84 Å². The highest BCUT2D eigenvalue weighted by atomic mass is 35.5. The molecule has 0 amide bonds. The Balaban J connectivity index is 1.74. The second kappa shape index (κ2) is 7.19. The monoisotopic (exact) mass is 336 g/mol. The van der Waals surface area contributed by atoms with Gasteiger partial charge in [0.05, 0.1) is 5.75 Å². The van der Waals surface area contributed by atoms with Gasteiger partial charge in [0.1, 0.15) is 5.75 Å². The maximum atomic E-state index is 6.07. The number of alkyl halides is 1. The average molecular weight is 337 g/mol. The van der Waals surface area contributed by atoms with E-state index in [0.29, 0.717) is 28.2 Å². The summed E-state index contributed by atoms with van der Waals surface area (Å²) < 4.78 is 10.6. The van der Waals surface area contributed by atoms with Crippen molar-refractivity contribution in [3.05, 3.63) is 40.0 Å². The van der Waals surface area contributed by atoms with Gasteiger partial charge in [0.15, 0.2) is 5.56 Å². The van der Waals surface area contributed by atoms with Gasteiger partial charge in [-0.3, -0.25) is 0 Å². The first-order valence-corrected chi connectivity index (χ1v) is 7.69. The minimum Gasteiger partial charge on any atom is -0.474 e. The molecule has 1 heterocycles. The predicted molar refractivity (Wildman–Crippen MR) is 79.6 cm³/mol. The molecule has 4 nitrogen and oxygen atoms in total. The number of rotatable bonds is 6. The molecule has 0 saturated heterocycles. The molecule has 19 heavy (non-hydrogen) atoms. The molecule has 1 unspecified atom stereocenters. The molecule has 0 saturated carbocycles. The highest BCUT2D eigenvalue weighted by molar-refractivity contribution is 7.98. The first kappa shape index (κ1) is 14.7. The molecule has 0 aliphatic rings. The van der Waals surface area contributed by atoms with Crippen LogP contribution in [0.5, 0.6) is 5.75 Å². The van der Waals surface area contributed by atoms with Gasteiger partial charge in [0.2, 0.25) is 5.89 Å². The van der Waals surface area contributed by atoms with Gasteiger partial charge in [-0.25, -0.2) is 5.10 Å². The van der Waals surface area contributed by atoms with Crippen LogP contribution in [0.4, 0.5) is 0 Å². The van der Waals surface area contributed by atoms with Crippen molar-refractivity contribution < 1.29 is 9.15 Å². The van der Waals surface area contributed by atoms with E-state index in [4.69, 9.17) is 44.6 Å². The van der Waals surface area contributed by atoms with Gasteiger partial charge < -0.3 is 9.15 Å². The van der Waals surface area contributed by atoms with Gasteiger partial charge >= 0.3 is 0 Å². The van der Waals surface area contributed by atoms with Crippen molar-refractivity contribution in [3.8, 4) is 5.75 Å². The zero-order chi connectivity index (χ0) is 13.7. The van der Waals surface area contributed by atoms with E-state index in [2.05, 4.69) is 10.2 Å². The molecule has 0 bridgehead atoms. The van der Waals surface area contributed by atoms with Crippen LogP contribution in [0.2, 0.25) is 5.02 Å². The maximum absolute atomic E-state index is 6.07. The van der Waals surface area contributed by atoms with Gasteiger partial charge in [-0.15, -0.1) is 16.9 Å². The Morgan fingerprint density at radius 3 is 2.79 bits per heavy atom. The van der Waals surface area contributed by atoms with Gasteiger partial charge in [-0.05, 0) is 36.5 Å². The summed E-state index contributed by atoms with van der Waals surface area (Å²) in [5, 5.41) is 7.11. The molecule has 102 valence electrons. The smallest absolute Gasteiger partial charge is 0.284 e. The quantitative estimate of drug-likeness (QED) is 0.630. The van der Waals surface area contributed by atoms with Crippen LogP contribution in [-0.2, 0) is 5.75 Å². The van der Waals surface area contributed by atoms with Crippen LogP contribution < -0.4 is 4.74 Å². The summed E-state index contributed by atoms with van der Waals surface area (Å²) in [7, 11) is 0. The molecular formula is C11H10Cl2N2O2S2. The van der Waals surface area contributed by atoms with E-state index in [1.807, 2.05) is 0 Å². The van der Waals surface area contributed by atoms with Crippen molar-refractivity contribution in [1.82, 2.24) is 10.2 Å². The lowest BCUT2D eigenvalue weighted by atomic mass is 10.3. The van der Waals surface area contributed by atoms with E-state index in [-0.39, 0.29) is 4.84 Å². The number of thioether (sulfide) groups is 1. The Morgan fingerprint density at radius 1 is 1.42 bits per heavy atom. The molecule has 0 radical (unpaired) electrons. The molecule has 1 atom stereocenters. The third kappa shape index (κ3) is 5.06. The third-order valence-corrected chi connectivity index (χ3v) is 3.88. The number of benzene rings is 1. The van der Waals surface area contributed by atoms with Crippen molar-refractivity contribution >= 4 is 47.2 Å². The second-order valence-electron chi connectivity index (χ2n) is 3.50. The Bertz CT molecular complexity index is 571. The van der Waals surface area contributed by atoms with Crippen LogP contribution in [-0.4, -0.2) is 21.5 Å². The topological polar surface area (TPSA) is 51.0 Å². The molecule has 1 aromatic carbocycles. The molecule has 0 aliphatic carbocycles. The first-order chi connectivity index (χ1) is 9.13. The molecule has 1 aromatic heterocycles. The fourth-order valence-corrected chi connectivity index (χ4v) is 2.56. The Morgan fingerprint density at radius 2 is 2.16 bits per heavy atom. The summed E-state index contributed by atoms with van der Waals surface area (Å²) in [4.78, 5) is 0.274. The summed E-state index contributed by atoms with van der Waals surface area (Å²) >= 11 is 18.2. The number of nitrogens with one attached hydrogen (secondary N) is 1. The van der Waals surface area contributed by atoms with Gasteiger partial charge in [0.25, 0.3) is 4.84 Å². The Labute approximate surface area is 129 Å². The normalized spacial score (nSPS) is 12.3. The number of hydrogen-bond donors (Lipinski definition) is 1. The number of nitrogens with zero attached hydrogens (tertiary/aromatic N) is 1. The molecule has 0 fully saturated rings. The van der Waals surface area contributed by atoms with Crippen LogP contribution in [0.1, 0.15) is 5.89 Å². The Kier molecular flexibility index (Phi) is 5.57. The fraction of sp³-hybridized carbons (Fsp3) is 0.273. The molecular weight excluding hydrogens is 327 g/mol. The van der Waals surface area contributed by atoms with E-state index in [0.717, 1.165) is 0 Å². The van der Waals surface area contributed by atoms with E-state index >= 15 is 0 Å². The summed E-state index contributed by atoms with van der Waals surface area (Å²) in [6, 6.07) is 7.05. The van der Waals surface area contributed by atoms with Crippen LogP contribution >= 0.6 is 47.2 Å². The zero-order valence-electron chi connectivity index (χ0n) is 9.64. The van der Waals surface area contributed by atoms with E-state index < -0.39 is 5.56 Å². The number of ether oxygens (including phenoxy) is 1. The minimum absolute atomic E-state index is 0.274. The van der Waals surface area contributed by atoms with E-state index in [9.17, 15) is 0 Å². The standard InChI is InChI=1S/C11H10Cl2N2O2S2/c12-7-1-3-8(4-2-7)16-9(13)5-19-6-10-14-15-11(18)17-10/h1-4,9H,5-6H2,(H,15,18). The minimum atomic E-state index is -0.437.